The van der Waals surface area contributed by atoms with E-state index in [0.717, 1.165) is 28.2 Å². The van der Waals surface area contributed by atoms with Crippen LogP contribution in [0.1, 0.15) is 25.1 Å². The third kappa shape index (κ3) is 4.54. The summed E-state index contributed by atoms with van der Waals surface area (Å²) < 4.78 is 29.5. The molecule has 3 heterocycles. The number of fused-ring (bicyclic) bond motifs is 1. The van der Waals surface area contributed by atoms with Gasteiger partial charge >= 0.3 is 5.69 Å². The number of nitrogens with one attached hydrogen (secondary N) is 2. The van der Waals surface area contributed by atoms with Crippen molar-refractivity contribution in [3.8, 4) is 0 Å². The van der Waals surface area contributed by atoms with Crippen molar-refractivity contribution in [3.63, 3.8) is 0 Å². The van der Waals surface area contributed by atoms with Crippen molar-refractivity contribution in [3.05, 3.63) is 40.6 Å². The Morgan fingerprint density at radius 1 is 1.16 bits per heavy atom. The zero-order valence-electron chi connectivity index (χ0n) is 16.9. The van der Waals surface area contributed by atoms with Gasteiger partial charge in [-0.1, -0.05) is 12.5 Å². The molecule has 0 aliphatic carbocycles. The normalized spacial score (nSPS) is 17.5. The van der Waals surface area contributed by atoms with Crippen molar-refractivity contribution < 1.29 is 18.0 Å². The van der Waals surface area contributed by atoms with E-state index in [1.54, 1.807) is 10.6 Å². The smallest absolute Gasteiger partial charge is 0.346 e. The average Bonchev–Trinajstić information content (AvgIpc) is 2.90. The molecule has 2 amide bonds. The number of piperazine rings is 1. The lowest BCUT2D eigenvalue weighted by Crippen LogP contribution is -2.49. The van der Waals surface area contributed by atoms with E-state index >= 15 is 0 Å². The molecule has 1 aromatic carbocycles. The van der Waals surface area contributed by atoms with Crippen LogP contribution in [0, 0.1) is 0 Å². The molecule has 0 atom stereocenters. The predicted octanol–water partition coefficient (Wildman–Crippen LogP) is -0.470. The lowest BCUT2D eigenvalue weighted by Gasteiger charge is -2.26. The monoisotopic (exact) mass is 448 g/mol. The van der Waals surface area contributed by atoms with Crippen LogP contribution in [-0.4, -0.2) is 58.5 Å². The number of carbonyl (C=O) groups is 2. The van der Waals surface area contributed by atoms with E-state index in [2.05, 4.69) is 15.7 Å². The van der Waals surface area contributed by atoms with Gasteiger partial charge < -0.3 is 10.6 Å². The maximum atomic E-state index is 12.8. The number of hydrogen-bond donors (Lipinski definition) is 2. The van der Waals surface area contributed by atoms with E-state index in [0.29, 0.717) is 18.8 Å². The van der Waals surface area contributed by atoms with Crippen molar-refractivity contribution in [2.45, 2.75) is 43.7 Å². The van der Waals surface area contributed by atoms with Crippen LogP contribution in [-0.2, 0) is 39.1 Å². The SMILES string of the molecule is O=C1CN(S(=O)(=O)c2cccc(NC(=O)Cn3nc4n(c3=O)CCCCC4)c2)CCN1. The van der Waals surface area contributed by atoms with Gasteiger partial charge in [0.05, 0.1) is 11.4 Å². The average molecular weight is 449 g/mol. The summed E-state index contributed by atoms with van der Waals surface area (Å²) in [6, 6.07) is 5.82. The van der Waals surface area contributed by atoms with Gasteiger partial charge in [-0.15, -0.1) is 0 Å². The second-order valence-corrected chi connectivity index (χ2v) is 9.52. The molecule has 0 radical (unpaired) electrons. The molecule has 0 unspecified atom stereocenters. The Kier molecular flexibility index (Phi) is 5.92. The Balaban J connectivity index is 1.47. The molecule has 2 aliphatic heterocycles. The zero-order valence-corrected chi connectivity index (χ0v) is 17.7. The predicted molar refractivity (Wildman–Crippen MR) is 111 cm³/mol. The topological polar surface area (TPSA) is 135 Å². The van der Waals surface area contributed by atoms with E-state index in [-0.39, 0.29) is 48.4 Å². The third-order valence-electron chi connectivity index (χ3n) is 5.33. The molecule has 1 fully saturated rings. The van der Waals surface area contributed by atoms with E-state index in [4.69, 9.17) is 0 Å². The molecule has 2 N–H and O–H groups in total. The number of rotatable bonds is 5. The Hall–Kier alpha value is -2.99. The first kappa shape index (κ1) is 21.2. The summed E-state index contributed by atoms with van der Waals surface area (Å²) in [5.41, 5.74) is -0.0342. The molecule has 2 aromatic rings. The van der Waals surface area contributed by atoms with Crippen LogP contribution in [0.4, 0.5) is 5.69 Å². The first-order valence-electron chi connectivity index (χ1n) is 10.2. The second-order valence-electron chi connectivity index (χ2n) is 7.58. The Bertz CT molecular complexity index is 1170. The largest absolute Gasteiger partial charge is 0.354 e. The second kappa shape index (κ2) is 8.63. The quantitative estimate of drug-likeness (QED) is 0.635. The standard InChI is InChI=1S/C19H24N6O5S/c26-17-12-23(10-8-20-17)31(29,30)15-6-4-5-14(11-15)21-18(27)13-25-19(28)24-9-3-1-2-7-16(24)22-25/h4-6,11H,1-3,7-10,12-13H2,(H,20,26)(H,21,27). The molecule has 4 rings (SSSR count). The van der Waals surface area contributed by atoms with Gasteiger partial charge in [0.25, 0.3) is 0 Å². The highest BCUT2D eigenvalue weighted by molar-refractivity contribution is 7.89. The van der Waals surface area contributed by atoms with Crippen molar-refractivity contribution in [2.75, 3.05) is 25.0 Å². The summed E-state index contributed by atoms with van der Waals surface area (Å²) >= 11 is 0. The van der Waals surface area contributed by atoms with Gasteiger partial charge in [0.15, 0.2) is 0 Å². The van der Waals surface area contributed by atoms with Crippen molar-refractivity contribution >= 4 is 27.5 Å². The van der Waals surface area contributed by atoms with Crippen LogP contribution in [0.25, 0.3) is 0 Å². The van der Waals surface area contributed by atoms with Crippen LogP contribution in [0.3, 0.4) is 0 Å². The zero-order chi connectivity index (χ0) is 22.0. The van der Waals surface area contributed by atoms with Gasteiger partial charge in [-0.05, 0) is 31.0 Å². The Morgan fingerprint density at radius 3 is 2.81 bits per heavy atom. The highest BCUT2D eigenvalue weighted by Gasteiger charge is 2.29. The molecule has 31 heavy (non-hydrogen) atoms. The number of sulfonamides is 1. The minimum Gasteiger partial charge on any atom is -0.354 e. The van der Waals surface area contributed by atoms with Gasteiger partial charge in [-0.2, -0.15) is 9.40 Å². The minimum atomic E-state index is -3.87. The highest BCUT2D eigenvalue weighted by Crippen LogP contribution is 2.20. The fourth-order valence-corrected chi connectivity index (χ4v) is 5.21. The number of carbonyl (C=O) groups excluding carboxylic acids is 2. The molecule has 2 aliphatic rings. The van der Waals surface area contributed by atoms with Crippen LogP contribution in [0.2, 0.25) is 0 Å². The first-order chi connectivity index (χ1) is 14.8. The number of anilines is 1. The summed E-state index contributed by atoms with van der Waals surface area (Å²) in [4.78, 5) is 36.5. The molecule has 11 nitrogen and oxygen atoms in total. The number of nitrogens with zero attached hydrogens (tertiary/aromatic N) is 4. The lowest BCUT2D eigenvalue weighted by molar-refractivity contribution is -0.122. The first-order valence-corrected chi connectivity index (χ1v) is 11.6. The summed E-state index contributed by atoms with van der Waals surface area (Å²) in [5, 5.41) is 9.49. The van der Waals surface area contributed by atoms with Gasteiger partial charge in [0.2, 0.25) is 21.8 Å². The van der Waals surface area contributed by atoms with Gasteiger partial charge in [0.1, 0.15) is 12.4 Å². The molecule has 0 saturated carbocycles. The number of benzene rings is 1. The molecule has 0 bridgehead atoms. The van der Waals surface area contributed by atoms with E-state index in [1.807, 2.05) is 0 Å². The molecular weight excluding hydrogens is 424 g/mol. The number of hydrogen-bond acceptors (Lipinski definition) is 6. The van der Waals surface area contributed by atoms with Crippen LogP contribution in [0.15, 0.2) is 34.0 Å². The summed E-state index contributed by atoms with van der Waals surface area (Å²) in [6.45, 7) is 0.523. The Morgan fingerprint density at radius 2 is 2.00 bits per heavy atom. The molecular formula is C19H24N6O5S. The summed E-state index contributed by atoms with van der Waals surface area (Å²) in [7, 11) is -3.87. The number of amides is 2. The number of aryl methyl sites for hydroxylation is 1. The Labute approximate surface area is 179 Å². The maximum absolute atomic E-state index is 12.8. The van der Waals surface area contributed by atoms with Crippen LogP contribution in [0.5, 0.6) is 0 Å². The molecule has 1 aromatic heterocycles. The van der Waals surface area contributed by atoms with E-state index in [9.17, 15) is 22.8 Å². The summed E-state index contributed by atoms with van der Waals surface area (Å²) in [5.74, 6) is -0.153. The fraction of sp³-hybridized carbons (Fsp3) is 0.474. The molecule has 1 saturated heterocycles. The maximum Gasteiger partial charge on any atom is 0.346 e. The minimum absolute atomic E-state index is 0.0223. The molecule has 12 heteroatoms. The van der Waals surface area contributed by atoms with Crippen LogP contribution >= 0.6 is 0 Å². The van der Waals surface area contributed by atoms with Crippen LogP contribution < -0.4 is 16.3 Å². The fourth-order valence-electron chi connectivity index (χ4n) is 3.77. The van der Waals surface area contributed by atoms with Crippen molar-refractivity contribution in [1.82, 2.24) is 24.0 Å². The van der Waals surface area contributed by atoms with Crippen molar-refractivity contribution in [1.29, 1.82) is 0 Å². The van der Waals surface area contributed by atoms with Gasteiger partial charge in [-0.3, -0.25) is 14.2 Å². The van der Waals surface area contributed by atoms with E-state index in [1.165, 1.54) is 18.2 Å². The molecule has 0 spiro atoms. The number of aromatic nitrogens is 3. The summed E-state index contributed by atoms with van der Waals surface area (Å²) in [6.07, 6.45) is 3.62. The highest BCUT2D eigenvalue weighted by atomic mass is 32.2. The molecule has 166 valence electrons. The van der Waals surface area contributed by atoms with Crippen molar-refractivity contribution in [2.24, 2.45) is 0 Å². The third-order valence-corrected chi connectivity index (χ3v) is 7.17. The van der Waals surface area contributed by atoms with E-state index < -0.39 is 15.9 Å². The lowest BCUT2D eigenvalue weighted by atomic mass is 10.2. The van der Waals surface area contributed by atoms with Gasteiger partial charge in [-0.25, -0.2) is 17.9 Å². The van der Waals surface area contributed by atoms with Gasteiger partial charge in [0, 0.05) is 31.7 Å².